The zero-order chi connectivity index (χ0) is 15.1. The molecule has 1 amide bonds. The summed E-state index contributed by atoms with van der Waals surface area (Å²) < 4.78 is 2.16. The predicted octanol–water partition coefficient (Wildman–Crippen LogP) is 2.43. The summed E-state index contributed by atoms with van der Waals surface area (Å²) in [6.07, 6.45) is 4.66. The van der Waals surface area contributed by atoms with E-state index in [4.69, 9.17) is 11.6 Å². The van der Waals surface area contributed by atoms with Gasteiger partial charge in [-0.25, -0.2) is 0 Å². The number of halogens is 1. The zero-order valence-corrected chi connectivity index (χ0v) is 12.9. The van der Waals surface area contributed by atoms with Gasteiger partial charge in [0.05, 0.1) is 12.5 Å². The van der Waals surface area contributed by atoms with Crippen molar-refractivity contribution in [3.63, 3.8) is 0 Å². The van der Waals surface area contributed by atoms with E-state index in [0.717, 1.165) is 24.5 Å². The smallest absolute Gasteiger partial charge is 0.227 e. The van der Waals surface area contributed by atoms with E-state index in [0.29, 0.717) is 23.4 Å². The van der Waals surface area contributed by atoms with Crippen LogP contribution >= 0.6 is 11.6 Å². The number of hydrogen-bond donors (Lipinski definition) is 0. The summed E-state index contributed by atoms with van der Waals surface area (Å²) in [6, 6.07) is 7.79. The van der Waals surface area contributed by atoms with Crippen molar-refractivity contribution in [2.45, 2.75) is 31.2 Å². The van der Waals surface area contributed by atoms with Crippen molar-refractivity contribution in [1.82, 2.24) is 19.7 Å². The number of likely N-dealkylation sites (tertiary alicyclic amines) is 1. The lowest BCUT2D eigenvalue weighted by atomic mass is 10.1. The quantitative estimate of drug-likeness (QED) is 0.870. The first-order valence-electron chi connectivity index (χ1n) is 7.62. The van der Waals surface area contributed by atoms with Crippen molar-refractivity contribution >= 4 is 17.5 Å². The maximum Gasteiger partial charge on any atom is 0.227 e. The standard InChI is InChI=1S/C16H17ClN4O/c17-13-5-1-11(2-6-13)7-15(22)20-8-14(9-20)21-10-18-19-16(21)12-3-4-12/h1-2,5-6,10,12,14H,3-4,7-9H2. The number of carbonyl (C=O) groups excluding carboxylic acids is 1. The molecule has 1 aliphatic heterocycles. The molecular formula is C16H17ClN4O. The van der Waals surface area contributed by atoms with Crippen LogP contribution < -0.4 is 0 Å². The minimum Gasteiger partial charge on any atom is -0.338 e. The van der Waals surface area contributed by atoms with E-state index >= 15 is 0 Å². The Morgan fingerprint density at radius 1 is 1.23 bits per heavy atom. The van der Waals surface area contributed by atoms with Crippen LogP contribution in [0.25, 0.3) is 0 Å². The number of aromatic nitrogens is 3. The van der Waals surface area contributed by atoms with Crippen LogP contribution in [0.1, 0.15) is 36.2 Å². The van der Waals surface area contributed by atoms with E-state index in [1.807, 2.05) is 29.2 Å². The molecule has 0 bridgehead atoms. The molecule has 22 heavy (non-hydrogen) atoms. The van der Waals surface area contributed by atoms with Gasteiger partial charge in [0.15, 0.2) is 0 Å². The fraction of sp³-hybridized carbons (Fsp3) is 0.438. The summed E-state index contributed by atoms with van der Waals surface area (Å²) in [5.74, 6) is 1.84. The summed E-state index contributed by atoms with van der Waals surface area (Å²) in [5.41, 5.74) is 1.00. The molecule has 1 saturated heterocycles. The summed E-state index contributed by atoms with van der Waals surface area (Å²) in [6.45, 7) is 1.51. The van der Waals surface area contributed by atoms with Crippen LogP contribution in [0.4, 0.5) is 0 Å². The highest BCUT2D eigenvalue weighted by Crippen LogP contribution is 2.40. The number of nitrogens with zero attached hydrogens (tertiary/aromatic N) is 4. The largest absolute Gasteiger partial charge is 0.338 e. The molecule has 0 spiro atoms. The second-order valence-electron chi connectivity index (χ2n) is 6.13. The molecule has 0 atom stereocenters. The predicted molar refractivity (Wildman–Crippen MR) is 82.8 cm³/mol. The molecule has 4 rings (SSSR count). The second-order valence-corrected chi connectivity index (χ2v) is 6.56. The third kappa shape index (κ3) is 2.61. The van der Waals surface area contributed by atoms with Gasteiger partial charge < -0.3 is 9.47 Å². The van der Waals surface area contributed by atoms with Gasteiger partial charge in [0.25, 0.3) is 0 Å². The van der Waals surface area contributed by atoms with E-state index in [9.17, 15) is 4.79 Å². The number of amides is 1. The minimum absolute atomic E-state index is 0.166. The highest BCUT2D eigenvalue weighted by atomic mass is 35.5. The molecule has 1 aromatic heterocycles. The van der Waals surface area contributed by atoms with E-state index in [1.54, 1.807) is 6.33 Å². The molecule has 2 aromatic rings. The lowest BCUT2D eigenvalue weighted by Gasteiger charge is -2.40. The molecule has 2 fully saturated rings. The lowest BCUT2D eigenvalue weighted by Crippen LogP contribution is -2.51. The first kappa shape index (κ1) is 13.8. The summed E-state index contributed by atoms with van der Waals surface area (Å²) >= 11 is 5.86. The van der Waals surface area contributed by atoms with Crippen LogP contribution in [0.15, 0.2) is 30.6 Å². The normalized spacial score (nSPS) is 18.3. The van der Waals surface area contributed by atoms with Gasteiger partial charge in [0.2, 0.25) is 5.91 Å². The summed E-state index contributed by atoms with van der Waals surface area (Å²) in [4.78, 5) is 14.2. The second kappa shape index (κ2) is 5.39. The molecule has 2 aliphatic rings. The SMILES string of the molecule is O=C(Cc1ccc(Cl)cc1)N1CC(n2cnnc2C2CC2)C1. The molecule has 5 nitrogen and oxygen atoms in total. The number of hydrogen-bond acceptors (Lipinski definition) is 3. The van der Waals surface area contributed by atoms with Crippen LogP contribution in [-0.2, 0) is 11.2 Å². The third-order valence-electron chi connectivity index (χ3n) is 4.42. The Labute approximate surface area is 133 Å². The van der Waals surface area contributed by atoms with Gasteiger partial charge in [-0.3, -0.25) is 4.79 Å². The van der Waals surface area contributed by atoms with Crippen LogP contribution in [0.2, 0.25) is 5.02 Å². The van der Waals surface area contributed by atoms with E-state index in [2.05, 4.69) is 14.8 Å². The summed E-state index contributed by atoms with van der Waals surface area (Å²) in [5, 5.41) is 8.95. The van der Waals surface area contributed by atoms with Crippen molar-refractivity contribution in [1.29, 1.82) is 0 Å². The van der Waals surface area contributed by atoms with Crippen molar-refractivity contribution in [3.8, 4) is 0 Å². The molecule has 0 N–H and O–H groups in total. The molecule has 114 valence electrons. The van der Waals surface area contributed by atoms with E-state index in [1.165, 1.54) is 12.8 Å². The van der Waals surface area contributed by atoms with Gasteiger partial charge in [-0.2, -0.15) is 0 Å². The van der Waals surface area contributed by atoms with Gasteiger partial charge >= 0.3 is 0 Å². The van der Waals surface area contributed by atoms with Gasteiger partial charge in [-0.05, 0) is 30.5 Å². The number of benzene rings is 1. The highest BCUT2D eigenvalue weighted by Gasteiger charge is 2.36. The van der Waals surface area contributed by atoms with Gasteiger partial charge in [-0.1, -0.05) is 23.7 Å². The monoisotopic (exact) mass is 316 g/mol. The maximum atomic E-state index is 12.3. The van der Waals surface area contributed by atoms with Crippen molar-refractivity contribution in [2.75, 3.05) is 13.1 Å². The Balaban J connectivity index is 1.35. The van der Waals surface area contributed by atoms with Crippen molar-refractivity contribution in [3.05, 3.63) is 47.0 Å². The van der Waals surface area contributed by atoms with Crippen LogP contribution in [0, 0.1) is 0 Å². The molecule has 2 heterocycles. The first-order valence-corrected chi connectivity index (χ1v) is 8.00. The third-order valence-corrected chi connectivity index (χ3v) is 4.67. The number of rotatable bonds is 4. The highest BCUT2D eigenvalue weighted by molar-refractivity contribution is 6.30. The van der Waals surface area contributed by atoms with Gasteiger partial charge in [0.1, 0.15) is 12.2 Å². The van der Waals surface area contributed by atoms with Crippen molar-refractivity contribution < 1.29 is 4.79 Å². The van der Waals surface area contributed by atoms with Crippen LogP contribution in [0.3, 0.4) is 0 Å². The van der Waals surface area contributed by atoms with E-state index in [-0.39, 0.29) is 5.91 Å². The zero-order valence-electron chi connectivity index (χ0n) is 12.2. The average Bonchev–Trinajstić information content (AvgIpc) is 3.19. The molecule has 0 unspecified atom stereocenters. The first-order chi connectivity index (χ1) is 10.7. The van der Waals surface area contributed by atoms with E-state index < -0.39 is 0 Å². The molecule has 1 aliphatic carbocycles. The maximum absolute atomic E-state index is 12.3. The minimum atomic E-state index is 0.166. The van der Waals surface area contributed by atoms with Crippen LogP contribution in [0.5, 0.6) is 0 Å². The van der Waals surface area contributed by atoms with Gasteiger partial charge in [-0.15, -0.1) is 10.2 Å². The molecule has 1 aromatic carbocycles. The molecular weight excluding hydrogens is 300 g/mol. The topological polar surface area (TPSA) is 51.0 Å². The fourth-order valence-electron chi connectivity index (χ4n) is 2.89. The van der Waals surface area contributed by atoms with Crippen molar-refractivity contribution in [2.24, 2.45) is 0 Å². The Morgan fingerprint density at radius 3 is 2.64 bits per heavy atom. The average molecular weight is 317 g/mol. The Morgan fingerprint density at radius 2 is 1.95 bits per heavy atom. The molecule has 0 radical (unpaired) electrons. The fourth-order valence-corrected chi connectivity index (χ4v) is 3.02. The lowest BCUT2D eigenvalue weighted by molar-refractivity contribution is -0.136. The Bertz CT molecular complexity index is 686. The Hall–Kier alpha value is -1.88. The van der Waals surface area contributed by atoms with Gasteiger partial charge in [0, 0.05) is 24.0 Å². The summed E-state index contributed by atoms with van der Waals surface area (Å²) in [7, 11) is 0. The Kier molecular flexibility index (Phi) is 3.37. The molecule has 6 heteroatoms. The number of carbonyl (C=O) groups is 1. The molecule has 1 saturated carbocycles. The van der Waals surface area contributed by atoms with Crippen LogP contribution in [-0.4, -0.2) is 38.7 Å².